The monoisotopic (exact) mass is 265 g/mol. The Morgan fingerprint density at radius 2 is 2.26 bits per heavy atom. The van der Waals surface area contributed by atoms with E-state index in [4.69, 9.17) is 4.74 Å². The Hall–Kier alpha value is -2.31. The van der Waals surface area contributed by atoms with Crippen LogP contribution in [0.1, 0.15) is 36.2 Å². The van der Waals surface area contributed by atoms with Gasteiger partial charge in [0.05, 0.1) is 18.4 Å². The number of H-pyrrole nitrogens is 1. The average molecular weight is 265 g/mol. The summed E-state index contributed by atoms with van der Waals surface area (Å²) in [5, 5.41) is 13.9. The van der Waals surface area contributed by atoms with Gasteiger partial charge in [0.15, 0.2) is 5.65 Å². The number of fused-ring (bicyclic) bond motifs is 1. The summed E-state index contributed by atoms with van der Waals surface area (Å²) in [7, 11) is 0. The first kappa shape index (κ1) is 13.1. The summed E-state index contributed by atoms with van der Waals surface area (Å²) in [5.41, 5.74) is 0.101. The topological polar surface area (TPSA) is 96.7 Å². The summed E-state index contributed by atoms with van der Waals surface area (Å²) in [5.74, 6) is -0.827. The molecule has 7 nitrogen and oxygen atoms in total. The Bertz CT molecular complexity index is 671. The van der Waals surface area contributed by atoms with E-state index in [0.29, 0.717) is 12.8 Å². The summed E-state index contributed by atoms with van der Waals surface area (Å²) in [6, 6.07) is 0. The third-order valence-corrected chi connectivity index (χ3v) is 2.74. The lowest BCUT2D eigenvalue weighted by molar-refractivity contribution is 0.0528. The molecule has 0 atom stereocenters. The van der Waals surface area contributed by atoms with Gasteiger partial charge in [0, 0.05) is 0 Å². The Kier molecular flexibility index (Phi) is 3.55. The van der Waals surface area contributed by atoms with Gasteiger partial charge in [-0.3, -0.25) is 4.79 Å². The van der Waals surface area contributed by atoms with Gasteiger partial charge in [0.2, 0.25) is 5.88 Å². The normalized spacial score (nSPS) is 10.8. The average Bonchev–Trinajstić information content (AvgIpc) is 2.78. The standard InChI is InChI=1S/C12H15N3O4/c1-3-5-7-10(16)14-9-8(12(18)19-4-2)6-13-15(9)11(7)17/h6,17H,3-5H2,1-2H3,(H,14,16). The van der Waals surface area contributed by atoms with Crippen LogP contribution < -0.4 is 5.56 Å². The number of carbonyl (C=O) groups is 1. The lowest BCUT2D eigenvalue weighted by atomic mass is 10.2. The van der Waals surface area contributed by atoms with Crippen LogP contribution in [0.3, 0.4) is 0 Å². The van der Waals surface area contributed by atoms with E-state index in [2.05, 4.69) is 10.1 Å². The van der Waals surface area contributed by atoms with Gasteiger partial charge in [0.1, 0.15) is 5.56 Å². The zero-order chi connectivity index (χ0) is 14.0. The highest BCUT2D eigenvalue weighted by molar-refractivity contribution is 5.95. The van der Waals surface area contributed by atoms with Crippen LogP contribution in [0.25, 0.3) is 5.65 Å². The molecule has 0 aliphatic rings. The maximum absolute atomic E-state index is 11.9. The molecule has 0 spiro atoms. The highest BCUT2D eigenvalue weighted by Gasteiger charge is 2.19. The fourth-order valence-electron chi connectivity index (χ4n) is 1.88. The molecule has 0 radical (unpaired) electrons. The maximum atomic E-state index is 11.9. The van der Waals surface area contributed by atoms with Gasteiger partial charge in [-0.05, 0) is 13.3 Å². The number of rotatable bonds is 4. The largest absolute Gasteiger partial charge is 0.493 e. The minimum absolute atomic E-state index is 0.122. The van der Waals surface area contributed by atoms with E-state index in [9.17, 15) is 14.7 Å². The molecule has 102 valence electrons. The number of carbonyl (C=O) groups excluding carboxylic acids is 1. The second-order valence-electron chi connectivity index (χ2n) is 4.05. The molecule has 2 aromatic rings. The van der Waals surface area contributed by atoms with E-state index in [1.165, 1.54) is 6.20 Å². The Morgan fingerprint density at radius 3 is 2.89 bits per heavy atom. The Labute approximate surface area is 108 Å². The number of esters is 1. The predicted octanol–water partition coefficient (Wildman–Crippen LogP) is 0.857. The van der Waals surface area contributed by atoms with Crippen molar-refractivity contribution in [3.8, 4) is 5.88 Å². The molecule has 2 rings (SSSR count). The molecule has 7 heteroatoms. The number of aromatic hydroxyl groups is 1. The van der Waals surface area contributed by atoms with Gasteiger partial charge in [-0.2, -0.15) is 9.61 Å². The highest BCUT2D eigenvalue weighted by atomic mass is 16.5. The SMILES string of the molecule is CCCc1c(O)n2ncc(C(=O)OCC)c2[nH]c1=O. The van der Waals surface area contributed by atoms with Crippen molar-refractivity contribution >= 4 is 11.6 Å². The molecule has 0 fully saturated rings. The minimum atomic E-state index is -0.587. The second kappa shape index (κ2) is 5.13. The summed E-state index contributed by atoms with van der Waals surface area (Å²) in [6.45, 7) is 3.81. The lowest BCUT2D eigenvalue weighted by Gasteiger charge is -2.05. The van der Waals surface area contributed by atoms with Crippen molar-refractivity contribution < 1.29 is 14.6 Å². The summed E-state index contributed by atoms with van der Waals surface area (Å²) in [6.07, 6.45) is 2.42. The third-order valence-electron chi connectivity index (χ3n) is 2.74. The van der Waals surface area contributed by atoms with Crippen molar-refractivity contribution in [2.24, 2.45) is 0 Å². The Balaban J connectivity index is 2.62. The molecule has 0 aromatic carbocycles. The van der Waals surface area contributed by atoms with Crippen LogP contribution in [0.5, 0.6) is 5.88 Å². The molecule has 0 saturated carbocycles. The van der Waals surface area contributed by atoms with E-state index in [-0.39, 0.29) is 29.3 Å². The number of aromatic nitrogens is 3. The van der Waals surface area contributed by atoms with E-state index in [0.717, 1.165) is 4.52 Å². The van der Waals surface area contributed by atoms with Gasteiger partial charge in [0.25, 0.3) is 5.56 Å². The van der Waals surface area contributed by atoms with E-state index in [1.807, 2.05) is 6.92 Å². The number of ether oxygens (including phenoxy) is 1. The molecule has 19 heavy (non-hydrogen) atoms. The van der Waals surface area contributed by atoms with Gasteiger partial charge in [-0.15, -0.1) is 0 Å². The first-order valence-electron chi connectivity index (χ1n) is 6.09. The molecule has 0 bridgehead atoms. The van der Waals surface area contributed by atoms with Crippen LogP contribution in [-0.4, -0.2) is 32.3 Å². The summed E-state index contributed by atoms with van der Waals surface area (Å²) in [4.78, 5) is 26.1. The molecular weight excluding hydrogens is 250 g/mol. The smallest absolute Gasteiger partial charge is 0.343 e. The number of nitrogens with zero attached hydrogens (tertiary/aromatic N) is 2. The molecule has 0 saturated heterocycles. The number of hydrogen-bond donors (Lipinski definition) is 2. The highest BCUT2D eigenvalue weighted by Crippen LogP contribution is 2.18. The quantitative estimate of drug-likeness (QED) is 0.799. The molecule has 0 aliphatic heterocycles. The molecule has 2 heterocycles. The van der Waals surface area contributed by atoms with Gasteiger partial charge in [-0.25, -0.2) is 4.79 Å². The fourth-order valence-corrected chi connectivity index (χ4v) is 1.88. The number of hydrogen-bond acceptors (Lipinski definition) is 5. The molecule has 0 aliphatic carbocycles. The number of nitrogens with one attached hydrogen (secondary N) is 1. The van der Waals surface area contributed by atoms with Crippen LogP contribution in [-0.2, 0) is 11.2 Å². The van der Waals surface area contributed by atoms with E-state index >= 15 is 0 Å². The lowest BCUT2D eigenvalue weighted by Crippen LogP contribution is -2.17. The number of aromatic amines is 1. The van der Waals surface area contributed by atoms with Crippen LogP contribution in [0, 0.1) is 0 Å². The summed E-state index contributed by atoms with van der Waals surface area (Å²) < 4.78 is 5.99. The van der Waals surface area contributed by atoms with Gasteiger partial charge < -0.3 is 14.8 Å². The predicted molar refractivity (Wildman–Crippen MR) is 67.4 cm³/mol. The van der Waals surface area contributed by atoms with Crippen molar-refractivity contribution in [3.63, 3.8) is 0 Å². The zero-order valence-electron chi connectivity index (χ0n) is 10.8. The van der Waals surface area contributed by atoms with Crippen molar-refractivity contribution in [1.82, 2.24) is 14.6 Å². The van der Waals surface area contributed by atoms with Crippen LogP contribution in [0.2, 0.25) is 0 Å². The van der Waals surface area contributed by atoms with Crippen LogP contribution in [0.15, 0.2) is 11.0 Å². The molecule has 0 amide bonds. The van der Waals surface area contributed by atoms with E-state index < -0.39 is 11.5 Å². The molecule has 2 aromatic heterocycles. The minimum Gasteiger partial charge on any atom is -0.493 e. The zero-order valence-corrected chi connectivity index (χ0v) is 10.8. The second-order valence-corrected chi connectivity index (χ2v) is 4.05. The van der Waals surface area contributed by atoms with Crippen molar-refractivity contribution in [1.29, 1.82) is 0 Å². The molecule has 0 unspecified atom stereocenters. The molecule has 2 N–H and O–H groups in total. The van der Waals surface area contributed by atoms with Gasteiger partial charge >= 0.3 is 5.97 Å². The Morgan fingerprint density at radius 1 is 1.53 bits per heavy atom. The first-order valence-corrected chi connectivity index (χ1v) is 6.09. The van der Waals surface area contributed by atoms with Crippen molar-refractivity contribution in [2.75, 3.05) is 6.61 Å². The summed E-state index contributed by atoms with van der Waals surface area (Å²) >= 11 is 0. The third kappa shape index (κ3) is 2.18. The van der Waals surface area contributed by atoms with Crippen molar-refractivity contribution in [2.45, 2.75) is 26.7 Å². The van der Waals surface area contributed by atoms with Crippen LogP contribution in [0.4, 0.5) is 0 Å². The first-order chi connectivity index (χ1) is 9.10. The van der Waals surface area contributed by atoms with Crippen LogP contribution >= 0.6 is 0 Å². The maximum Gasteiger partial charge on any atom is 0.343 e. The van der Waals surface area contributed by atoms with Crippen molar-refractivity contribution in [3.05, 3.63) is 27.7 Å². The van der Waals surface area contributed by atoms with Gasteiger partial charge in [-0.1, -0.05) is 13.3 Å². The van der Waals surface area contributed by atoms with E-state index in [1.54, 1.807) is 6.92 Å². The molecular formula is C12H15N3O4. The fraction of sp³-hybridized carbons (Fsp3) is 0.417.